The molecule has 0 saturated carbocycles. The lowest BCUT2D eigenvalue weighted by molar-refractivity contribution is -0.387. The number of hydrogen-bond donors (Lipinski definition) is 2. The van der Waals surface area contributed by atoms with E-state index in [0.29, 0.717) is 5.69 Å². The fourth-order valence-electron chi connectivity index (χ4n) is 1.15. The zero-order valence-electron chi connectivity index (χ0n) is 8.72. The quantitative estimate of drug-likeness (QED) is 0.595. The molecule has 0 aromatic heterocycles. The zero-order valence-corrected chi connectivity index (χ0v) is 9.54. The summed E-state index contributed by atoms with van der Waals surface area (Å²) in [5, 5.41) is 13.4. The molecule has 0 fully saturated rings. The molecule has 0 atom stereocenters. The van der Waals surface area contributed by atoms with Crippen LogP contribution in [0.25, 0.3) is 0 Å². The zero-order chi connectivity index (χ0) is 12.3. The van der Waals surface area contributed by atoms with Gasteiger partial charge in [-0.15, -0.1) is 0 Å². The molecule has 0 spiro atoms. The lowest BCUT2D eigenvalue weighted by Crippen LogP contribution is -2.20. The third-order valence-electron chi connectivity index (χ3n) is 2.00. The van der Waals surface area contributed by atoms with Gasteiger partial charge < -0.3 is 5.32 Å². The van der Waals surface area contributed by atoms with E-state index < -0.39 is 20.6 Å². The molecule has 88 valence electrons. The average Bonchev–Trinajstić information content (AvgIpc) is 2.28. The Morgan fingerprint density at radius 3 is 2.38 bits per heavy atom. The van der Waals surface area contributed by atoms with Crippen LogP contribution in [0.15, 0.2) is 23.1 Å². The van der Waals surface area contributed by atoms with E-state index >= 15 is 0 Å². The molecule has 1 rings (SSSR count). The summed E-state index contributed by atoms with van der Waals surface area (Å²) in [5.41, 5.74) is 0.0350. The normalized spacial score (nSPS) is 11.1. The summed E-state index contributed by atoms with van der Waals surface area (Å²) in [7, 11) is -1.04. The van der Waals surface area contributed by atoms with Gasteiger partial charge in [-0.25, -0.2) is 13.1 Å². The summed E-state index contributed by atoms with van der Waals surface area (Å²) < 4.78 is 25.1. The van der Waals surface area contributed by atoms with E-state index in [-0.39, 0.29) is 4.90 Å². The molecule has 0 bridgehead atoms. The van der Waals surface area contributed by atoms with Crippen LogP contribution in [0, 0.1) is 10.1 Å². The Labute approximate surface area is 92.7 Å². The topological polar surface area (TPSA) is 101 Å². The van der Waals surface area contributed by atoms with Crippen LogP contribution < -0.4 is 10.0 Å². The van der Waals surface area contributed by atoms with Gasteiger partial charge >= 0.3 is 0 Å². The molecular formula is C8H11N3O4S. The molecule has 0 unspecified atom stereocenters. The number of hydrogen-bond acceptors (Lipinski definition) is 5. The van der Waals surface area contributed by atoms with Gasteiger partial charge in [0.2, 0.25) is 10.0 Å². The predicted octanol–water partition coefficient (Wildman–Crippen LogP) is 0.545. The predicted molar refractivity (Wildman–Crippen MR) is 58.9 cm³/mol. The number of nitrogens with zero attached hydrogens (tertiary/aromatic N) is 1. The number of rotatable bonds is 4. The van der Waals surface area contributed by atoms with E-state index in [0.717, 1.165) is 6.07 Å². The van der Waals surface area contributed by atoms with Gasteiger partial charge in [-0.3, -0.25) is 10.1 Å². The second-order valence-corrected chi connectivity index (χ2v) is 4.75. The molecule has 0 aliphatic heterocycles. The first-order valence-electron chi connectivity index (χ1n) is 4.32. The molecule has 7 nitrogen and oxygen atoms in total. The highest BCUT2D eigenvalue weighted by molar-refractivity contribution is 7.89. The van der Waals surface area contributed by atoms with E-state index in [1.807, 2.05) is 4.72 Å². The largest absolute Gasteiger partial charge is 0.388 e. The molecule has 0 aliphatic carbocycles. The van der Waals surface area contributed by atoms with Crippen LogP contribution in [0.4, 0.5) is 11.4 Å². The number of sulfonamides is 1. The minimum absolute atomic E-state index is 0.355. The molecule has 0 radical (unpaired) electrons. The summed E-state index contributed by atoms with van der Waals surface area (Å²) in [6.45, 7) is 0. The molecular weight excluding hydrogens is 234 g/mol. The summed E-state index contributed by atoms with van der Waals surface area (Å²) >= 11 is 0. The van der Waals surface area contributed by atoms with Crippen molar-refractivity contribution in [2.24, 2.45) is 0 Å². The third kappa shape index (κ3) is 2.28. The van der Waals surface area contributed by atoms with Crippen molar-refractivity contribution in [1.29, 1.82) is 0 Å². The number of benzene rings is 1. The van der Waals surface area contributed by atoms with Crippen molar-refractivity contribution in [2.45, 2.75) is 4.90 Å². The molecule has 0 heterocycles. The summed E-state index contributed by atoms with van der Waals surface area (Å²) in [6, 6.07) is 3.80. The number of anilines is 1. The first-order valence-corrected chi connectivity index (χ1v) is 5.80. The van der Waals surface area contributed by atoms with Gasteiger partial charge in [0.15, 0.2) is 4.90 Å². The van der Waals surface area contributed by atoms with Gasteiger partial charge in [-0.1, -0.05) is 0 Å². The Morgan fingerprint density at radius 2 is 1.94 bits per heavy atom. The van der Waals surface area contributed by atoms with Crippen molar-refractivity contribution in [2.75, 3.05) is 19.4 Å². The minimum atomic E-state index is -3.84. The molecule has 16 heavy (non-hydrogen) atoms. The van der Waals surface area contributed by atoms with E-state index in [1.165, 1.54) is 19.2 Å². The second-order valence-electron chi connectivity index (χ2n) is 2.90. The molecule has 1 aromatic rings. The highest BCUT2D eigenvalue weighted by Crippen LogP contribution is 2.26. The van der Waals surface area contributed by atoms with Crippen molar-refractivity contribution in [1.82, 2.24) is 4.72 Å². The molecule has 0 aliphatic rings. The molecule has 0 amide bonds. The van der Waals surface area contributed by atoms with Crippen LogP contribution in [-0.2, 0) is 10.0 Å². The van der Waals surface area contributed by atoms with E-state index in [4.69, 9.17) is 0 Å². The van der Waals surface area contributed by atoms with Gasteiger partial charge in [0, 0.05) is 18.8 Å². The highest BCUT2D eigenvalue weighted by Gasteiger charge is 2.24. The standard InChI is InChI=1S/C8H11N3O4S/c1-9-6-3-4-7(11(12)13)8(5-6)16(14,15)10-2/h3-5,9-10H,1-2H3. The Kier molecular flexibility index (Phi) is 3.45. The molecule has 0 saturated heterocycles. The summed E-state index contributed by atoms with van der Waals surface area (Å²) in [5.74, 6) is 0. The maximum absolute atomic E-state index is 11.6. The van der Waals surface area contributed by atoms with Crippen LogP contribution in [-0.4, -0.2) is 27.4 Å². The average molecular weight is 245 g/mol. The van der Waals surface area contributed by atoms with Crippen molar-refractivity contribution < 1.29 is 13.3 Å². The van der Waals surface area contributed by atoms with Crippen molar-refractivity contribution >= 4 is 21.4 Å². The van der Waals surface area contributed by atoms with Crippen molar-refractivity contribution in [3.63, 3.8) is 0 Å². The molecule has 1 aromatic carbocycles. The molecule has 2 N–H and O–H groups in total. The summed E-state index contributed by atoms with van der Waals surface area (Å²) in [6.07, 6.45) is 0. The number of nitro groups is 1. The van der Waals surface area contributed by atoms with E-state index in [9.17, 15) is 18.5 Å². The van der Waals surface area contributed by atoms with Crippen LogP contribution in [0.5, 0.6) is 0 Å². The van der Waals surface area contributed by atoms with Crippen LogP contribution in [0.1, 0.15) is 0 Å². The lowest BCUT2D eigenvalue weighted by Gasteiger charge is -2.06. The van der Waals surface area contributed by atoms with Crippen molar-refractivity contribution in [3.05, 3.63) is 28.3 Å². The smallest absolute Gasteiger partial charge is 0.289 e. The van der Waals surface area contributed by atoms with Crippen LogP contribution in [0.3, 0.4) is 0 Å². The fourth-order valence-corrected chi connectivity index (χ4v) is 2.07. The maximum Gasteiger partial charge on any atom is 0.289 e. The Hall–Kier alpha value is -1.67. The Balaban J connectivity index is 3.49. The first-order chi connectivity index (χ1) is 7.42. The Bertz CT molecular complexity index is 512. The third-order valence-corrected chi connectivity index (χ3v) is 3.45. The lowest BCUT2D eigenvalue weighted by atomic mass is 10.3. The SMILES string of the molecule is CNc1ccc([N+](=O)[O-])c(S(=O)(=O)NC)c1. The first kappa shape index (κ1) is 12.4. The molecule has 8 heteroatoms. The maximum atomic E-state index is 11.6. The van der Waals surface area contributed by atoms with Gasteiger partial charge in [-0.2, -0.15) is 0 Å². The van der Waals surface area contributed by atoms with Gasteiger partial charge in [0.05, 0.1) is 4.92 Å². The van der Waals surface area contributed by atoms with Gasteiger partial charge in [0.1, 0.15) is 0 Å². The van der Waals surface area contributed by atoms with Gasteiger partial charge in [-0.05, 0) is 19.2 Å². The fraction of sp³-hybridized carbons (Fsp3) is 0.250. The minimum Gasteiger partial charge on any atom is -0.388 e. The number of nitrogens with one attached hydrogen (secondary N) is 2. The van der Waals surface area contributed by atoms with Crippen LogP contribution in [0.2, 0.25) is 0 Å². The van der Waals surface area contributed by atoms with Gasteiger partial charge in [0.25, 0.3) is 5.69 Å². The van der Waals surface area contributed by atoms with Crippen LogP contribution >= 0.6 is 0 Å². The monoisotopic (exact) mass is 245 g/mol. The van der Waals surface area contributed by atoms with Crippen molar-refractivity contribution in [3.8, 4) is 0 Å². The highest BCUT2D eigenvalue weighted by atomic mass is 32.2. The van der Waals surface area contributed by atoms with E-state index in [2.05, 4.69) is 5.32 Å². The second kappa shape index (κ2) is 4.45. The number of nitro benzene ring substituents is 1. The summed E-state index contributed by atoms with van der Waals surface area (Å²) in [4.78, 5) is 9.59. The van der Waals surface area contributed by atoms with E-state index in [1.54, 1.807) is 7.05 Å². The Morgan fingerprint density at radius 1 is 1.31 bits per heavy atom.